The number of likely N-dealkylation sites (N-methyl/N-ethyl adjacent to an activating group) is 1. The average molecular weight is 199 g/mol. The number of likely N-dealkylation sites (tertiary alicyclic amines) is 1. The number of nitrogens with zero attached hydrogens (tertiary/aromatic N) is 1. The van der Waals surface area contributed by atoms with E-state index in [2.05, 4.69) is 17.3 Å². The number of rotatable bonds is 0. The lowest BCUT2D eigenvalue weighted by molar-refractivity contribution is 0.310. The van der Waals surface area contributed by atoms with E-state index in [4.69, 9.17) is 0 Å². The zero-order valence-electron chi connectivity index (χ0n) is 6.75. The molecule has 2 aliphatic rings. The van der Waals surface area contributed by atoms with E-state index in [9.17, 15) is 0 Å². The van der Waals surface area contributed by atoms with E-state index in [1.165, 1.54) is 25.9 Å². The van der Waals surface area contributed by atoms with Crippen LogP contribution in [0.3, 0.4) is 0 Å². The van der Waals surface area contributed by atoms with Crippen molar-refractivity contribution in [3.8, 4) is 0 Å². The maximum Gasteiger partial charge on any atom is 0.0258 e. The SMILES string of the molecule is CN1CC[C@@H]2NCC[C@@H]21.Cl.Cl. The monoisotopic (exact) mass is 198 g/mol. The molecule has 2 heterocycles. The van der Waals surface area contributed by atoms with Gasteiger partial charge in [0.15, 0.2) is 0 Å². The van der Waals surface area contributed by atoms with Crippen LogP contribution in [0, 0.1) is 0 Å². The van der Waals surface area contributed by atoms with Gasteiger partial charge < -0.3 is 10.2 Å². The molecule has 1 N–H and O–H groups in total. The second kappa shape index (κ2) is 4.51. The minimum Gasteiger partial charge on any atom is -0.312 e. The van der Waals surface area contributed by atoms with Gasteiger partial charge in [-0.3, -0.25) is 0 Å². The topological polar surface area (TPSA) is 15.3 Å². The number of hydrogen-bond acceptors (Lipinski definition) is 2. The molecule has 11 heavy (non-hydrogen) atoms. The molecule has 0 unspecified atom stereocenters. The van der Waals surface area contributed by atoms with E-state index < -0.39 is 0 Å². The van der Waals surface area contributed by atoms with Crippen LogP contribution in [-0.2, 0) is 0 Å². The lowest BCUT2D eigenvalue weighted by Crippen LogP contribution is -2.31. The summed E-state index contributed by atoms with van der Waals surface area (Å²) in [5, 5.41) is 3.51. The van der Waals surface area contributed by atoms with Crippen LogP contribution >= 0.6 is 24.8 Å². The summed E-state index contributed by atoms with van der Waals surface area (Å²) in [6, 6.07) is 1.69. The van der Waals surface area contributed by atoms with Crippen molar-refractivity contribution in [2.24, 2.45) is 0 Å². The number of nitrogens with one attached hydrogen (secondary N) is 1. The lowest BCUT2D eigenvalue weighted by atomic mass is 10.1. The molecular formula is C7H16Cl2N2. The van der Waals surface area contributed by atoms with Crippen molar-refractivity contribution in [1.82, 2.24) is 10.2 Å². The van der Waals surface area contributed by atoms with Crippen molar-refractivity contribution < 1.29 is 0 Å². The largest absolute Gasteiger partial charge is 0.312 e. The van der Waals surface area contributed by atoms with E-state index in [1.54, 1.807) is 0 Å². The van der Waals surface area contributed by atoms with E-state index in [0.29, 0.717) is 0 Å². The molecule has 0 bridgehead atoms. The molecule has 2 aliphatic heterocycles. The van der Waals surface area contributed by atoms with Gasteiger partial charge in [-0.05, 0) is 33.0 Å². The summed E-state index contributed by atoms with van der Waals surface area (Å²) in [5.41, 5.74) is 0. The van der Waals surface area contributed by atoms with Crippen molar-refractivity contribution in [3.63, 3.8) is 0 Å². The van der Waals surface area contributed by atoms with E-state index in [1.807, 2.05) is 0 Å². The first-order valence-corrected chi connectivity index (χ1v) is 3.81. The normalized spacial score (nSPS) is 35.7. The standard InChI is InChI=1S/C7H14N2.2ClH/c1-9-5-3-6-7(9)2-4-8-6;;/h6-8H,2-5H2,1H3;2*1H/t6-,7-;;/m0../s1. The van der Waals surface area contributed by atoms with Crippen molar-refractivity contribution in [3.05, 3.63) is 0 Å². The van der Waals surface area contributed by atoms with Crippen LogP contribution in [0.25, 0.3) is 0 Å². The van der Waals surface area contributed by atoms with Gasteiger partial charge in [-0.1, -0.05) is 0 Å². The van der Waals surface area contributed by atoms with Crippen LogP contribution < -0.4 is 5.32 Å². The first-order chi connectivity index (χ1) is 4.38. The number of halogens is 2. The highest BCUT2D eigenvalue weighted by molar-refractivity contribution is 5.85. The summed E-state index contributed by atoms with van der Waals surface area (Å²) in [6.45, 7) is 2.53. The lowest BCUT2D eigenvalue weighted by Gasteiger charge is -2.16. The Balaban J connectivity index is 0.000000500. The molecule has 68 valence electrons. The molecule has 0 saturated carbocycles. The molecule has 0 aliphatic carbocycles. The third-order valence-corrected chi connectivity index (χ3v) is 2.67. The Hall–Kier alpha value is 0.500. The Morgan fingerprint density at radius 3 is 2.64 bits per heavy atom. The minimum atomic E-state index is 0. The van der Waals surface area contributed by atoms with Crippen molar-refractivity contribution in [1.29, 1.82) is 0 Å². The molecule has 0 aromatic carbocycles. The quantitative estimate of drug-likeness (QED) is 0.623. The fourth-order valence-electron chi connectivity index (χ4n) is 2.08. The average Bonchev–Trinajstić information content (AvgIpc) is 2.35. The fourth-order valence-corrected chi connectivity index (χ4v) is 2.08. The van der Waals surface area contributed by atoms with Crippen molar-refractivity contribution in [2.45, 2.75) is 24.9 Å². The highest BCUT2D eigenvalue weighted by Gasteiger charge is 2.34. The van der Waals surface area contributed by atoms with Crippen LogP contribution in [0.4, 0.5) is 0 Å². The third-order valence-electron chi connectivity index (χ3n) is 2.67. The van der Waals surface area contributed by atoms with E-state index >= 15 is 0 Å². The van der Waals surface area contributed by atoms with Gasteiger partial charge in [-0.15, -0.1) is 24.8 Å². The highest BCUT2D eigenvalue weighted by Crippen LogP contribution is 2.22. The molecule has 2 saturated heterocycles. The predicted molar refractivity (Wildman–Crippen MR) is 51.9 cm³/mol. The highest BCUT2D eigenvalue weighted by atomic mass is 35.5. The molecule has 0 amide bonds. The first kappa shape index (κ1) is 11.5. The van der Waals surface area contributed by atoms with Gasteiger partial charge in [0.1, 0.15) is 0 Å². The summed E-state index contributed by atoms with van der Waals surface area (Å²) in [6.07, 6.45) is 2.72. The third kappa shape index (κ3) is 2.00. The van der Waals surface area contributed by atoms with Gasteiger partial charge in [0, 0.05) is 12.1 Å². The zero-order valence-corrected chi connectivity index (χ0v) is 8.38. The Labute approximate surface area is 80.5 Å². The Kier molecular flexibility index (Phi) is 4.71. The number of hydrogen-bond donors (Lipinski definition) is 1. The minimum absolute atomic E-state index is 0. The number of fused-ring (bicyclic) bond motifs is 1. The smallest absolute Gasteiger partial charge is 0.0258 e. The molecule has 2 atom stereocenters. The van der Waals surface area contributed by atoms with Gasteiger partial charge in [-0.2, -0.15) is 0 Å². The molecule has 2 rings (SSSR count). The first-order valence-electron chi connectivity index (χ1n) is 3.81. The van der Waals surface area contributed by atoms with Gasteiger partial charge in [0.2, 0.25) is 0 Å². The molecular weight excluding hydrogens is 183 g/mol. The summed E-state index contributed by atoms with van der Waals surface area (Å²) in [5.74, 6) is 0. The van der Waals surface area contributed by atoms with Gasteiger partial charge in [0.25, 0.3) is 0 Å². The van der Waals surface area contributed by atoms with Gasteiger partial charge in [-0.25, -0.2) is 0 Å². The molecule has 0 radical (unpaired) electrons. The second-order valence-electron chi connectivity index (χ2n) is 3.19. The zero-order chi connectivity index (χ0) is 6.27. The predicted octanol–water partition coefficient (Wildman–Crippen LogP) is 0.896. The van der Waals surface area contributed by atoms with Crippen LogP contribution in [0.1, 0.15) is 12.8 Å². The summed E-state index contributed by atoms with van der Waals surface area (Å²) in [4.78, 5) is 2.48. The van der Waals surface area contributed by atoms with Crippen molar-refractivity contribution in [2.75, 3.05) is 20.1 Å². The van der Waals surface area contributed by atoms with E-state index in [-0.39, 0.29) is 24.8 Å². The Morgan fingerprint density at radius 1 is 1.27 bits per heavy atom. The summed E-state index contributed by atoms with van der Waals surface area (Å²) < 4.78 is 0. The molecule has 0 aromatic heterocycles. The Bertz CT molecular complexity index is 121. The maximum atomic E-state index is 3.51. The molecule has 2 nitrogen and oxygen atoms in total. The fraction of sp³-hybridized carbons (Fsp3) is 1.00. The molecule has 4 heteroatoms. The van der Waals surface area contributed by atoms with Crippen LogP contribution in [-0.4, -0.2) is 37.1 Å². The Morgan fingerprint density at radius 2 is 2.00 bits per heavy atom. The van der Waals surface area contributed by atoms with Crippen molar-refractivity contribution >= 4 is 24.8 Å². The second-order valence-corrected chi connectivity index (χ2v) is 3.19. The summed E-state index contributed by atoms with van der Waals surface area (Å²) in [7, 11) is 2.23. The van der Waals surface area contributed by atoms with E-state index in [0.717, 1.165) is 12.1 Å². The van der Waals surface area contributed by atoms with Gasteiger partial charge in [0.05, 0.1) is 0 Å². The molecule has 0 aromatic rings. The van der Waals surface area contributed by atoms with Crippen LogP contribution in [0.2, 0.25) is 0 Å². The summed E-state index contributed by atoms with van der Waals surface area (Å²) >= 11 is 0. The van der Waals surface area contributed by atoms with Crippen LogP contribution in [0.15, 0.2) is 0 Å². The molecule has 2 fully saturated rings. The van der Waals surface area contributed by atoms with Gasteiger partial charge >= 0.3 is 0 Å². The molecule has 0 spiro atoms. The maximum absolute atomic E-state index is 3.51. The van der Waals surface area contributed by atoms with Crippen LogP contribution in [0.5, 0.6) is 0 Å².